The summed E-state index contributed by atoms with van der Waals surface area (Å²) in [5, 5.41) is 12.1. The van der Waals surface area contributed by atoms with Crippen molar-refractivity contribution in [2.24, 2.45) is 10.9 Å². The highest BCUT2D eigenvalue weighted by atomic mass is 16.4. The first kappa shape index (κ1) is 15.8. The molecule has 21 heavy (non-hydrogen) atoms. The molecule has 116 valence electrons. The third-order valence-electron chi connectivity index (χ3n) is 4.41. The van der Waals surface area contributed by atoms with Gasteiger partial charge in [-0.1, -0.05) is 55.3 Å². The Morgan fingerprint density at radius 1 is 1.38 bits per heavy atom. The van der Waals surface area contributed by atoms with Gasteiger partial charge in [0.25, 0.3) is 0 Å². The number of likely N-dealkylation sites (tertiary alicyclic amines) is 1. The van der Waals surface area contributed by atoms with Crippen molar-refractivity contribution in [3.63, 3.8) is 0 Å². The van der Waals surface area contributed by atoms with E-state index in [0.717, 1.165) is 6.54 Å². The molecule has 1 saturated heterocycles. The Morgan fingerprint density at radius 2 is 2.14 bits per heavy atom. The van der Waals surface area contributed by atoms with Crippen LogP contribution in [0.25, 0.3) is 0 Å². The molecular formula is C17H27N3O. The lowest BCUT2D eigenvalue weighted by molar-refractivity contribution is 0.0901. The monoisotopic (exact) mass is 289 g/mol. The second-order valence-corrected chi connectivity index (χ2v) is 5.90. The van der Waals surface area contributed by atoms with E-state index in [9.17, 15) is 0 Å². The fourth-order valence-corrected chi connectivity index (χ4v) is 3.42. The molecule has 1 heterocycles. The van der Waals surface area contributed by atoms with Crippen LogP contribution in [0.4, 0.5) is 0 Å². The van der Waals surface area contributed by atoms with Crippen molar-refractivity contribution in [1.82, 2.24) is 4.90 Å². The van der Waals surface area contributed by atoms with Crippen molar-refractivity contribution >= 4 is 5.84 Å². The van der Waals surface area contributed by atoms with Gasteiger partial charge in [-0.3, -0.25) is 4.90 Å². The van der Waals surface area contributed by atoms with Crippen LogP contribution in [0.1, 0.15) is 57.1 Å². The Labute approximate surface area is 127 Å². The number of rotatable bonds is 6. The molecule has 4 nitrogen and oxygen atoms in total. The molecule has 1 aromatic rings. The van der Waals surface area contributed by atoms with Gasteiger partial charge in [-0.2, -0.15) is 0 Å². The van der Waals surface area contributed by atoms with Gasteiger partial charge in [0.2, 0.25) is 0 Å². The van der Waals surface area contributed by atoms with Crippen LogP contribution in [0, 0.1) is 0 Å². The lowest BCUT2D eigenvalue weighted by Gasteiger charge is -2.41. The minimum Gasteiger partial charge on any atom is -0.409 e. The summed E-state index contributed by atoms with van der Waals surface area (Å²) in [5.41, 5.74) is 7.07. The van der Waals surface area contributed by atoms with E-state index in [1.807, 2.05) is 6.07 Å². The molecule has 3 N–H and O–H groups in total. The fourth-order valence-electron chi connectivity index (χ4n) is 3.42. The highest BCUT2D eigenvalue weighted by Gasteiger charge is 2.29. The number of nitrogens with zero attached hydrogens (tertiary/aromatic N) is 2. The quantitative estimate of drug-likeness (QED) is 0.364. The lowest BCUT2D eigenvalue weighted by Crippen LogP contribution is -2.43. The maximum absolute atomic E-state index is 8.94. The SMILES string of the molecule is CCCC1CCCCN1C(C/C(N)=N/O)c1ccccc1. The Morgan fingerprint density at radius 3 is 2.81 bits per heavy atom. The van der Waals surface area contributed by atoms with Gasteiger partial charge in [-0.05, 0) is 31.4 Å². The van der Waals surface area contributed by atoms with Crippen molar-refractivity contribution in [1.29, 1.82) is 0 Å². The van der Waals surface area contributed by atoms with Gasteiger partial charge in [-0.15, -0.1) is 0 Å². The summed E-state index contributed by atoms with van der Waals surface area (Å²) in [4.78, 5) is 2.57. The third-order valence-corrected chi connectivity index (χ3v) is 4.41. The molecule has 0 aliphatic carbocycles. The maximum atomic E-state index is 8.94. The third kappa shape index (κ3) is 4.21. The van der Waals surface area contributed by atoms with Crippen molar-refractivity contribution < 1.29 is 5.21 Å². The molecule has 0 radical (unpaired) electrons. The van der Waals surface area contributed by atoms with Crippen molar-refractivity contribution in [3.8, 4) is 0 Å². The minimum absolute atomic E-state index is 0.207. The van der Waals surface area contributed by atoms with Gasteiger partial charge in [-0.25, -0.2) is 0 Å². The first-order valence-corrected chi connectivity index (χ1v) is 8.03. The van der Waals surface area contributed by atoms with Crippen LogP contribution >= 0.6 is 0 Å². The average Bonchev–Trinajstić information content (AvgIpc) is 2.54. The Bertz CT molecular complexity index is 445. The van der Waals surface area contributed by atoms with Crippen LogP contribution < -0.4 is 5.73 Å². The number of amidine groups is 1. The zero-order valence-corrected chi connectivity index (χ0v) is 12.9. The van der Waals surface area contributed by atoms with Gasteiger partial charge < -0.3 is 10.9 Å². The average molecular weight is 289 g/mol. The fraction of sp³-hybridized carbons (Fsp3) is 0.588. The summed E-state index contributed by atoms with van der Waals surface area (Å²) >= 11 is 0. The number of nitrogens with two attached hydrogens (primary N) is 1. The van der Waals surface area contributed by atoms with E-state index in [1.165, 1.54) is 37.7 Å². The molecule has 1 aliphatic rings. The summed E-state index contributed by atoms with van der Waals surface area (Å²) in [7, 11) is 0. The number of oxime groups is 1. The van der Waals surface area contributed by atoms with Crippen LogP contribution in [-0.2, 0) is 0 Å². The Kier molecular flexibility index (Phi) is 6.05. The highest BCUT2D eigenvalue weighted by Crippen LogP contribution is 2.32. The van der Waals surface area contributed by atoms with Gasteiger partial charge in [0.1, 0.15) is 5.84 Å². The van der Waals surface area contributed by atoms with Crippen LogP contribution in [0.5, 0.6) is 0 Å². The molecule has 2 rings (SSSR count). The van der Waals surface area contributed by atoms with Crippen LogP contribution in [0.15, 0.2) is 35.5 Å². The minimum atomic E-state index is 0.207. The summed E-state index contributed by atoms with van der Waals surface area (Å²) in [5.74, 6) is 0.310. The molecule has 4 heteroatoms. The summed E-state index contributed by atoms with van der Waals surface area (Å²) < 4.78 is 0. The van der Waals surface area contributed by atoms with E-state index in [0.29, 0.717) is 18.3 Å². The highest BCUT2D eigenvalue weighted by molar-refractivity contribution is 5.80. The van der Waals surface area contributed by atoms with Gasteiger partial charge >= 0.3 is 0 Å². The van der Waals surface area contributed by atoms with E-state index in [1.54, 1.807) is 0 Å². The maximum Gasteiger partial charge on any atom is 0.141 e. The molecule has 0 amide bonds. The number of hydrogen-bond donors (Lipinski definition) is 2. The van der Waals surface area contributed by atoms with Gasteiger partial charge in [0.15, 0.2) is 0 Å². The standard InChI is InChI=1S/C17H27N3O/c1-2-8-15-11-6-7-12-20(15)16(13-17(18)19-21)14-9-4-3-5-10-14/h3-5,9-10,15-16,21H,2,6-8,11-13H2,1H3,(H2,18,19). The largest absolute Gasteiger partial charge is 0.409 e. The van der Waals surface area contributed by atoms with Gasteiger partial charge in [0.05, 0.1) is 0 Å². The molecule has 0 bridgehead atoms. The van der Waals surface area contributed by atoms with Crippen molar-refractivity contribution in [3.05, 3.63) is 35.9 Å². The first-order chi connectivity index (χ1) is 10.3. The van der Waals surface area contributed by atoms with Crippen LogP contribution in [0.2, 0.25) is 0 Å². The Balaban J connectivity index is 2.24. The van der Waals surface area contributed by atoms with E-state index in [2.05, 4.69) is 41.2 Å². The molecule has 0 saturated carbocycles. The number of benzene rings is 1. The van der Waals surface area contributed by atoms with Crippen LogP contribution in [0.3, 0.4) is 0 Å². The molecule has 1 fully saturated rings. The molecular weight excluding hydrogens is 262 g/mol. The first-order valence-electron chi connectivity index (χ1n) is 8.03. The van der Waals surface area contributed by atoms with Crippen LogP contribution in [-0.4, -0.2) is 28.5 Å². The second kappa shape index (κ2) is 8.03. The van der Waals surface area contributed by atoms with E-state index in [4.69, 9.17) is 10.9 Å². The molecule has 0 spiro atoms. The lowest BCUT2D eigenvalue weighted by atomic mass is 9.92. The zero-order valence-electron chi connectivity index (χ0n) is 12.9. The van der Waals surface area contributed by atoms with Crippen molar-refractivity contribution in [2.45, 2.75) is 57.5 Å². The molecule has 1 aromatic carbocycles. The molecule has 0 aromatic heterocycles. The predicted molar refractivity (Wildman–Crippen MR) is 86.5 cm³/mol. The smallest absolute Gasteiger partial charge is 0.141 e. The van der Waals surface area contributed by atoms with E-state index in [-0.39, 0.29) is 6.04 Å². The normalized spacial score (nSPS) is 22.1. The Hall–Kier alpha value is -1.55. The molecule has 2 unspecified atom stereocenters. The topological polar surface area (TPSA) is 61.8 Å². The van der Waals surface area contributed by atoms with Crippen molar-refractivity contribution in [2.75, 3.05) is 6.54 Å². The number of hydrogen-bond acceptors (Lipinski definition) is 3. The molecule has 2 atom stereocenters. The molecule has 1 aliphatic heterocycles. The zero-order chi connectivity index (χ0) is 15.1. The summed E-state index contributed by atoms with van der Waals surface area (Å²) in [6, 6.07) is 11.3. The number of piperidine rings is 1. The van der Waals surface area contributed by atoms with E-state index < -0.39 is 0 Å². The second-order valence-electron chi connectivity index (χ2n) is 5.90. The predicted octanol–water partition coefficient (Wildman–Crippen LogP) is 3.52. The summed E-state index contributed by atoms with van der Waals surface area (Å²) in [6.07, 6.45) is 6.81. The van der Waals surface area contributed by atoms with E-state index >= 15 is 0 Å². The summed E-state index contributed by atoms with van der Waals surface area (Å²) in [6.45, 7) is 3.34. The van der Waals surface area contributed by atoms with Gasteiger partial charge in [0, 0.05) is 18.5 Å².